The summed E-state index contributed by atoms with van der Waals surface area (Å²) in [6.07, 6.45) is 11.1. The van der Waals surface area contributed by atoms with Gasteiger partial charge in [0.05, 0.1) is 6.10 Å². The van der Waals surface area contributed by atoms with E-state index >= 15 is 0 Å². The number of rotatable bonds is 9. The van der Waals surface area contributed by atoms with Crippen LogP contribution >= 0.6 is 12.6 Å². The summed E-state index contributed by atoms with van der Waals surface area (Å²) in [5.41, 5.74) is 0. The average Bonchev–Trinajstić information content (AvgIpc) is 2.41. The molecule has 0 heterocycles. The van der Waals surface area contributed by atoms with Crippen molar-refractivity contribution in [3.8, 4) is 0 Å². The van der Waals surface area contributed by atoms with E-state index in [9.17, 15) is 0 Å². The van der Waals surface area contributed by atoms with Gasteiger partial charge in [0.15, 0.2) is 0 Å². The molecule has 128 valence electrons. The summed E-state index contributed by atoms with van der Waals surface area (Å²) < 4.78 is 37.5. The Balaban J connectivity index is 0.000000690. The molecule has 0 amide bonds. The van der Waals surface area contributed by atoms with Crippen LogP contribution in [-0.2, 0) is 15.1 Å². The van der Waals surface area contributed by atoms with Crippen molar-refractivity contribution in [3.05, 3.63) is 0 Å². The van der Waals surface area contributed by atoms with Crippen molar-refractivity contribution in [3.63, 3.8) is 0 Å². The van der Waals surface area contributed by atoms with E-state index in [0.717, 1.165) is 25.4 Å². The van der Waals surface area contributed by atoms with E-state index in [4.69, 9.17) is 22.3 Å². The second kappa shape index (κ2) is 13.8. The standard InChI is InChI=1S/C13H27NOS.H2O4S/c16-12-10-14-9-5-2-6-11-15-13-7-3-1-4-8-13;1-5(2,3)4/h13-14,16H,1-12H2;(H2,1,2,3,4). The monoisotopic (exact) mass is 343 g/mol. The number of hydrogen-bond acceptors (Lipinski definition) is 5. The highest BCUT2D eigenvalue weighted by Crippen LogP contribution is 2.20. The summed E-state index contributed by atoms with van der Waals surface area (Å²) in [5, 5.41) is 3.36. The second-order valence-electron chi connectivity index (χ2n) is 5.11. The fourth-order valence-electron chi connectivity index (χ4n) is 2.21. The van der Waals surface area contributed by atoms with Gasteiger partial charge in [-0.25, -0.2) is 0 Å². The molecule has 0 saturated heterocycles. The van der Waals surface area contributed by atoms with E-state index in [1.54, 1.807) is 0 Å². The average molecular weight is 344 g/mol. The zero-order chi connectivity index (χ0) is 16.0. The zero-order valence-electron chi connectivity index (χ0n) is 12.5. The molecule has 21 heavy (non-hydrogen) atoms. The highest BCUT2D eigenvalue weighted by Gasteiger charge is 2.12. The molecule has 0 aliphatic heterocycles. The molecule has 6 nitrogen and oxygen atoms in total. The third kappa shape index (κ3) is 20.1. The van der Waals surface area contributed by atoms with Gasteiger partial charge in [0.25, 0.3) is 0 Å². The third-order valence-electron chi connectivity index (χ3n) is 3.19. The first-order valence-corrected chi connectivity index (χ1v) is 9.59. The molecule has 1 fully saturated rings. The van der Waals surface area contributed by atoms with Gasteiger partial charge in [0.1, 0.15) is 0 Å². The number of nitrogens with one attached hydrogen (secondary N) is 1. The predicted octanol–water partition coefficient (Wildman–Crippen LogP) is 2.37. The molecule has 0 bridgehead atoms. The molecule has 0 aromatic heterocycles. The lowest BCUT2D eigenvalue weighted by Gasteiger charge is -2.21. The van der Waals surface area contributed by atoms with Crippen molar-refractivity contribution in [1.29, 1.82) is 0 Å². The zero-order valence-corrected chi connectivity index (χ0v) is 14.2. The molecule has 3 N–H and O–H groups in total. The van der Waals surface area contributed by atoms with Gasteiger partial charge in [-0.05, 0) is 38.6 Å². The molecule has 0 unspecified atom stereocenters. The molecular weight excluding hydrogens is 314 g/mol. The molecule has 0 atom stereocenters. The van der Waals surface area contributed by atoms with E-state index < -0.39 is 10.4 Å². The van der Waals surface area contributed by atoms with Crippen LogP contribution in [0.3, 0.4) is 0 Å². The van der Waals surface area contributed by atoms with E-state index in [1.165, 1.54) is 51.4 Å². The normalized spacial score (nSPS) is 16.3. The highest BCUT2D eigenvalue weighted by atomic mass is 32.3. The number of hydrogen-bond donors (Lipinski definition) is 4. The summed E-state index contributed by atoms with van der Waals surface area (Å²) in [4.78, 5) is 0. The molecule has 1 aliphatic rings. The topological polar surface area (TPSA) is 95.9 Å². The van der Waals surface area contributed by atoms with Crippen LogP contribution in [0.4, 0.5) is 0 Å². The minimum absolute atomic E-state index is 0.580. The van der Waals surface area contributed by atoms with E-state index in [2.05, 4.69) is 17.9 Å². The molecule has 0 radical (unpaired) electrons. The van der Waals surface area contributed by atoms with Crippen LogP contribution in [0.2, 0.25) is 0 Å². The molecular formula is C13H29NO5S2. The Hall–Kier alpha value is 0.140. The molecule has 0 aromatic carbocycles. The first-order valence-electron chi connectivity index (χ1n) is 7.56. The number of unbranched alkanes of at least 4 members (excludes halogenated alkanes) is 2. The molecule has 1 rings (SSSR count). The fraction of sp³-hybridized carbons (Fsp3) is 1.00. The Morgan fingerprint density at radius 3 is 2.24 bits per heavy atom. The van der Waals surface area contributed by atoms with Crippen LogP contribution in [0.25, 0.3) is 0 Å². The van der Waals surface area contributed by atoms with Gasteiger partial charge < -0.3 is 10.1 Å². The first kappa shape index (κ1) is 21.1. The minimum Gasteiger partial charge on any atom is -0.378 e. The SMILES string of the molecule is O=S(=O)(O)O.SCCNCCCCCOC1CCCCC1. The Kier molecular flexibility index (Phi) is 13.9. The Morgan fingerprint density at radius 1 is 1.05 bits per heavy atom. The van der Waals surface area contributed by atoms with Crippen molar-refractivity contribution < 1.29 is 22.3 Å². The van der Waals surface area contributed by atoms with Crippen molar-refractivity contribution >= 4 is 23.0 Å². The first-order chi connectivity index (χ1) is 9.93. The molecule has 1 aliphatic carbocycles. The lowest BCUT2D eigenvalue weighted by atomic mass is 9.98. The maximum absolute atomic E-state index is 8.74. The molecule has 1 saturated carbocycles. The van der Waals surface area contributed by atoms with Crippen LogP contribution in [0.1, 0.15) is 51.4 Å². The van der Waals surface area contributed by atoms with Crippen LogP contribution in [0, 0.1) is 0 Å². The lowest BCUT2D eigenvalue weighted by Crippen LogP contribution is -2.18. The van der Waals surface area contributed by atoms with Crippen LogP contribution in [0.15, 0.2) is 0 Å². The van der Waals surface area contributed by atoms with E-state index in [0.29, 0.717) is 6.10 Å². The molecule has 0 spiro atoms. The minimum atomic E-state index is -4.67. The van der Waals surface area contributed by atoms with Crippen molar-refractivity contribution in [1.82, 2.24) is 5.32 Å². The van der Waals surface area contributed by atoms with Crippen molar-refractivity contribution in [2.45, 2.75) is 57.5 Å². The third-order valence-corrected chi connectivity index (χ3v) is 3.42. The van der Waals surface area contributed by atoms with Crippen LogP contribution in [-0.4, -0.2) is 49.1 Å². The maximum atomic E-state index is 8.74. The van der Waals surface area contributed by atoms with E-state index in [-0.39, 0.29) is 0 Å². The van der Waals surface area contributed by atoms with Gasteiger partial charge in [0.2, 0.25) is 0 Å². The summed E-state index contributed by atoms with van der Waals surface area (Å²) in [5.74, 6) is 0.935. The number of thiol groups is 1. The Morgan fingerprint density at radius 2 is 1.67 bits per heavy atom. The summed E-state index contributed by atoms with van der Waals surface area (Å²) in [6.45, 7) is 3.13. The van der Waals surface area contributed by atoms with Crippen LogP contribution in [0.5, 0.6) is 0 Å². The second-order valence-corrected chi connectivity index (χ2v) is 6.46. The summed E-state index contributed by atoms with van der Waals surface area (Å²) in [6, 6.07) is 0. The van der Waals surface area contributed by atoms with Gasteiger partial charge in [-0.1, -0.05) is 19.3 Å². The van der Waals surface area contributed by atoms with Crippen LogP contribution < -0.4 is 5.32 Å². The van der Waals surface area contributed by atoms with Crippen molar-refractivity contribution in [2.24, 2.45) is 0 Å². The smallest absolute Gasteiger partial charge is 0.378 e. The quantitative estimate of drug-likeness (QED) is 0.292. The highest BCUT2D eigenvalue weighted by molar-refractivity contribution is 7.80. The van der Waals surface area contributed by atoms with Gasteiger partial charge in [0, 0.05) is 18.9 Å². The van der Waals surface area contributed by atoms with E-state index in [1.807, 2.05) is 0 Å². The van der Waals surface area contributed by atoms with Gasteiger partial charge in [-0.3, -0.25) is 9.11 Å². The molecule has 0 aromatic rings. The van der Waals surface area contributed by atoms with Crippen molar-refractivity contribution in [2.75, 3.05) is 25.4 Å². The largest absolute Gasteiger partial charge is 0.394 e. The predicted molar refractivity (Wildman–Crippen MR) is 87.6 cm³/mol. The van der Waals surface area contributed by atoms with Gasteiger partial charge >= 0.3 is 10.4 Å². The van der Waals surface area contributed by atoms with Gasteiger partial charge in [-0.2, -0.15) is 21.0 Å². The maximum Gasteiger partial charge on any atom is 0.394 e. The summed E-state index contributed by atoms with van der Waals surface area (Å²) in [7, 11) is -4.67. The lowest BCUT2D eigenvalue weighted by molar-refractivity contribution is 0.0263. The fourth-order valence-corrected chi connectivity index (χ4v) is 2.37. The Labute approximate surface area is 134 Å². The Bertz CT molecular complexity index is 311. The number of ether oxygens (including phenoxy) is 1. The summed E-state index contributed by atoms with van der Waals surface area (Å²) >= 11 is 4.16. The molecule has 8 heteroatoms. The van der Waals surface area contributed by atoms with Gasteiger partial charge in [-0.15, -0.1) is 0 Å².